The van der Waals surface area contributed by atoms with Gasteiger partial charge in [0.05, 0.1) is 5.92 Å². The molecular weight excluding hydrogens is 214 g/mol. The Bertz CT molecular complexity index is 390. The molecule has 0 saturated heterocycles. The summed E-state index contributed by atoms with van der Waals surface area (Å²) in [5.41, 5.74) is 1.13. The Hall–Kier alpha value is -1.51. The average molecular weight is 233 g/mol. The maximum atomic E-state index is 11.9. The number of hydrogen-bond acceptors (Lipinski definition) is 2. The Balaban J connectivity index is 1.91. The first-order valence-electron chi connectivity index (χ1n) is 6.29. The molecule has 1 amide bonds. The summed E-state index contributed by atoms with van der Waals surface area (Å²) in [6.07, 6.45) is 2.92. The molecule has 1 atom stereocenters. The Morgan fingerprint density at radius 1 is 1.47 bits per heavy atom. The third-order valence-corrected chi connectivity index (χ3v) is 3.08. The lowest BCUT2D eigenvalue weighted by Gasteiger charge is -2.24. The number of ether oxygens (including phenoxy) is 1. The summed E-state index contributed by atoms with van der Waals surface area (Å²) in [5.74, 6) is 1.000. The van der Waals surface area contributed by atoms with Crippen molar-refractivity contribution in [3.05, 3.63) is 29.8 Å². The van der Waals surface area contributed by atoms with Gasteiger partial charge in [0.2, 0.25) is 5.91 Å². The molecule has 3 nitrogen and oxygen atoms in total. The molecule has 2 rings (SSSR count). The molecule has 0 unspecified atom stereocenters. The van der Waals surface area contributed by atoms with Gasteiger partial charge < -0.3 is 10.1 Å². The number of unbranched alkanes of at least 4 members (excludes halogenated alkanes) is 1. The molecule has 1 N–H and O–H groups in total. The number of carbonyl (C=O) groups is 1. The Labute approximate surface area is 102 Å². The molecule has 1 aliphatic rings. The van der Waals surface area contributed by atoms with E-state index < -0.39 is 0 Å². The van der Waals surface area contributed by atoms with Gasteiger partial charge in [0.1, 0.15) is 12.4 Å². The molecule has 0 fully saturated rings. The topological polar surface area (TPSA) is 38.3 Å². The molecule has 3 heteroatoms. The van der Waals surface area contributed by atoms with Gasteiger partial charge in [-0.2, -0.15) is 0 Å². The predicted molar refractivity (Wildman–Crippen MR) is 67.0 cm³/mol. The molecule has 0 bridgehead atoms. The summed E-state index contributed by atoms with van der Waals surface area (Å²) in [6.45, 7) is 3.38. The third-order valence-electron chi connectivity index (χ3n) is 3.08. The molecule has 1 aliphatic heterocycles. The van der Waals surface area contributed by atoms with Crippen LogP contribution in [-0.2, 0) is 11.2 Å². The second-order valence-corrected chi connectivity index (χ2v) is 4.46. The highest BCUT2D eigenvalue weighted by Gasteiger charge is 2.25. The van der Waals surface area contributed by atoms with Gasteiger partial charge in [-0.25, -0.2) is 0 Å². The van der Waals surface area contributed by atoms with E-state index in [1.165, 1.54) is 0 Å². The molecule has 0 aliphatic carbocycles. The van der Waals surface area contributed by atoms with Crippen LogP contribution in [0.2, 0.25) is 0 Å². The van der Waals surface area contributed by atoms with E-state index in [1.807, 2.05) is 24.3 Å². The van der Waals surface area contributed by atoms with Gasteiger partial charge >= 0.3 is 0 Å². The van der Waals surface area contributed by atoms with Crippen LogP contribution in [0, 0.1) is 5.92 Å². The Morgan fingerprint density at radius 3 is 3.12 bits per heavy atom. The molecule has 0 aromatic heterocycles. The number of para-hydroxylation sites is 1. The monoisotopic (exact) mass is 233 g/mol. The summed E-state index contributed by atoms with van der Waals surface area (Å²) >= 11 is 0. The lowest BCUT2D eigenvalue weighted by molar-refractivity contribution is -0.126. The summed E-state index contributed by atoms with van der Waals surface area (Å²) in [5, 5.41) is 2.97. The molecule has 17 heavy (non-hydrogen) atoms. The minimum atomic E-state index is -0.0400. The lowest BCUT2D eigenvalue weighted by atomic mass is 9.96. The number of fused-ring (bicyclic) bond motifs is 1. The number of benzene rings is 1. The standard InChI is InChI=1S/C14H19NO2/c1-2-3-8-15-14(16)12-9-11-6-4-5-7-13(11)17-10-12/h4-7,12H,2-3,8-10H2,1H3,(H,15,16)/t12-/m0/s1. The van der Waals surface area contributed by atoms with Crippen LogP contribution in [0.5, 0.6) is 5.75 Å². The van der Waals surface area contributed by atoms with E-state index in [4.69, 9.17) is 4.74 Å². The van der Waals surface area contributed by atoms with Gasteiger partial charge in [-0.05, 0) is 24.5 Å². The van der Waals surface area contributed by atoms with Gasteiger partial charge in [-0.3, -0.25) is 4.79 Å². The van der Waals surface area contributed by atoms with Crippen LogP contribution in [0.25, 0.3) is 0 Å². The minimum Gasteiger partial charge on any atom is -0.492 e. The quantitative estimate of drug-likeness (QED) is 0.809. The van der Waals surface area contributed by atoms with Crippen molar-refractivity contribution in [2.24, 2.45) is 5.92 Å². The molecule has 0 spiro atoms. The first-order chi connectivity index (χ1) is 8.31. The zero-order valence-electron chi connectivity index (χ0n) is 10.2. The maximum Gasteiger partial charge on any atom is 0.226 e. The van der Waals surface area contributed by atoms with Crippen LogP contribution < -0.4 is 10.1 Å². The van der Waals surface area contributed by atoms with Crippen molar-refractivity contribution in [3.63, 3.8) is 0 Å². The van der Waals surface area contributed by atoms with E-state index >= 15 is 0 Å². The van der Waals surface area contributed by atoms with Crippen molar-refractivity contribution in [1.82, 2.24) is 5.32 Å². The van der Waals surface area contributed by atoms with Crippen LogP contribution in [0.15, 0.2) is 24.3 Å². The number of hydrogen-bond donors (Lipinski definition) is 1. The number of amides is 1. The summed E-state index contributed by atoms with van der Waals surface area (Å²) in [7, 11) is 0. The van der Waals surface area contributed by atoms with Crippen molar-refractivity contribution >= 4 is 5.91 Å². The van der Waals surface area contributed by atoms with Crippen molar-refractivity contribution in [1.29, 1.82) is 0 Å². The molecule has 92 valence electrons. The van der Waals surface area contributed by atoms with E-state index in [0.717, 1.165) is 37.1 Å². The predicted octanol–water partition coefficient (Wildman–Crippen LogP) is 2.15. The van der Waals surface area contributed by atoms with Crippen molar-refractivity contribution in [2.75, 3.05) is 13.2 Å². The SMILES string of the molecule is CCCCNC(=O)[C@@H]1COc2ccccc2C1. The van der Waals surface area contributed by atoms with Gasteiger partial charge in [0.25, 0.3) is 0 Å². The van der Waals surface area contributed by atoms with Gasteiger partial charge in [-0.15, -0.1) is 0 Å². The van der Waals surface area contributed by atoms with E-state index in [9.17, 15) is 4.79 Å². The van der Waals surface area contributed by atoms with E-state index in [2.05, 4.69) is 12.2 Å². The zero-order chi connectivity index (χ0) is 12.1. The second kappa shape index (κ2) is 5.71. The van der Waals surface area contributed by atoms with E-state index in [1.54, 1.807) is 0 Å². The molecule has 1 aromatic carbocycles. The van der Waals surface area contributed by atoms with Gasteiger partial charge in [0, 0.05) is 6.54 Å². The minimum absolute atomic E-state index is 0.0400. The third kappa shape index (κ3) is 2.99. The molecular formula is C14H19NO2. The zero-order valence-corrected chi connectivity index (χ0v) is 10.2. The highest BCUT2D eigenvalue weighted by atomic mass is 16.5. The van der Waals surface area contributed by atoms with Crippen molar-refractivity contribution in [3.8, 4) is 5.75 Å². The maximum absolute atomic E-state index is 11.9. The van der Waals surface area contributed by atoms with Crippen LogP contribution in [0.1, 0.15) is 25.3 Å². The van der Waals surface area contributed by atoms with Crippen molar-refractivity contribution < 1.29 is 9.53 Å². The Kier molecular flexibility index (Phi) is 4.02. The Morgan fingerprint density at radius 2 is 2.29 bits per heavy atom. The average Bonchev–Trinajstić information content (AvgIpc) is 2.38. The first-order valence-corrected chi connectivity index (χ1v) is 6.29. The van der Waals surface area contributed by atoms with Gasteiger partial charge in [0.15, 0.2) is 0 Å². The highest BCUT2D eigenvalue weighted by Crippen LogP contribution is 2.26. The molecule has 0 saturated carbocycles. The van der Waals surface area contributed by atoms with Crippen LogP contribution in [-0.4, -0.2) is 19.1 Å². The van der Waals surface area contributed by atoms with E-state index in [0.29, 0.717) is 6.61 Å². The second-order valence-electron chi connectivity index (χ2n) is 4.46. The van der Waals surface area contributed by atoms with Crippen LogP contribution >= 0.6 is 0 Å². The van der Waals surface area contributed by atoms with E-state index in [-0.39, 0.29) is 11.8 Å². The summed E-state index contributed by atoms with van der Waals surface area (Å²) in [6, 6.07) is 7.93. The van der Waals surface area contributed by atoms with Crippen LogP contribution in [0.3, 0.4) is 0 Å². The first kappa shape index (κ1) is 12.0. The molecule has 1 heterocycles. The smallest absolute Gasteiger partial charge is 0.226 e. The molecule has 1 aromatic rings. The highest BCUT2D eigenvalue weighted by molar-refractivity contribution is 5.79. The fourth-order valence-electron chi connectivity index (χ4n) is 2.03. The largest absolute Gasteiger partial charge is 0.492 e. The normalized spacial score (nSPS) is 18.1. The lowest BCUT2D eigenvalue weighted by Crippen LogP contribution is -2.37. The summed E-state index contributed by atoms with van der Waals surface area (Å²) < 4.78 is 5.60. The van der Waals surface area contributed by atoms with Gasteiger partial charge in [-0.1, -0.05) is 31.5 Å². The fraction of sp³-hybridized carbons (Fsp3) is 0.500. The summed E-state index contributed by atoms with van der Waals surface area (Å²) in [4.78, 5) is 11.9. The van der Waals surface area contributed by atoms with Crippen molar-refractivity contribution in [2.45, 2.75) is 26.2 Å². The number of nitrogens with one attached hydrogen (secondary N) is 1. The fourth-order valence-corrected chi connectivity index (χ4v) is 2.03. The number of rotatable bonds is 4. The molecule has 0 radical (unpaired) electrons. The van der Waals surface area contributed by atoms with Crippen LogP contribution in [0.4, 0.5) is 0 Å². The number of carbonyl (C=O) groups excluding carboxylic acids is 1.